The molecule has 1 unspecified atom stereocenters. The number of rotatable bonds is 4. The van der Waals surface area contributed by atoms with E-state index in [9.17, 15) is 4.79 Å². The molecule has 1 saturated heterocycles. The highest BCUT2D eigenvalue weighted by Gasteiger charge is 2.32. The van der Waals surface area contributed by atoms with E-state index in [2.05, 4.69) is 63.6 Å². The molecule has 0 spiro atoms. The maximum atomic E-state index is 10.5. The van der Waals surface area contributed by atoms with Gasteiger partial charge >= 0.3 is 0 Å². The van der Waals surface area contributed by atoms with E-state index in [1.54, 1.807) is 0 Å². The molecule has 1 amide bonds. The summed E-state index contributed by atoms with van der Waals surface area (Å²) >= 11 is 0. The molecule has 2 aromatic rings. The molecule has 0 bridgehead atoms. The lowest BCUT2D eigenvalue weighted by Gasteiger charge is -2.43. The molecule has 0 saturated carbocycles. The van der Waals surface area contributed by atoms with Gasteiger partial charge in [0, 0.05) is 38.4 Å². The van der Waals surface area contributed by atoms with E-state index in [0.29, 0.717) is 12.6 Å². The van der Waals surface area contributed by atoms with E-state index in [1.807, 2.05) is 0 Å². The number of carbonyl (C=O) groups excluding carboxylic acids is 1. The molecule has 2 aliphatic heterocycles. The first-order chi connectivity index (χ1) is 11.9. The van der Waals surface area contributed by atoms with Crippen LogP contribution in [0.15, 0.2) is 48.5 Å². The van der Waals surface area contributed by atoms with Gasteiger partial charge in [0.25, 0.3) is 0 Å². The fraction of sp³-hybridized carbons (Fsp3) is 0.350. The molecule has 24 heavy (non-hydrogen) atoms. The van der Waals surface area contributed by atoms with Gasteiger partial charge in [0.15, 0.2) is 0 Å². The van der Waals surface area contributed by atoms with Crippen LogP contribution in [0.2, 0.25) is 0 Å². The van der Waals surface area contributed by atoms with Crippen LogP contribution in [-0.2, 0) is 11.2 Å². The number of hydrogen-bond donors (Lipinski definition) is 1. The molecular formula is C20H23N3O. The molecule has 2 aromatic carbocycles. The molecule has 1 fully saturated rings. The number of amides is 1. The first-order valence-electron chi connectivity index (χ1n) is 8.68. The van der Waals surface area contributed by atoms with Crippen molar-refractivity contribution in [3.8, 4) is 0 Å². The maximum Gasteiger partial charge on any atom is 0.207 e. The second kappa shape index (κ2) is 6.65. The summed E-state index contributed by atoms with van der Waals surface area (Å²) in [5.74, 6) is 0. The van der Waals surface area contributed by atoms with Gasteiger partial charge in [-0.15, -0.1) is 0 Å². The van der Waals surface area contributed by atoms with Crippen LogP contribution < -0.4 is 10.2 Å². The Balaban J connectivity index is 1.67. The van der Waals surface area contributed by atoms with Gasteiger partial charge in [0.1, 0.15) is 0 Å². The minimum absolute atomic E-state index is 0.384. The number of hydrogen-bond acceptors (Lipinski definition) is 3. The fourth-order valence-corrected chi connectivity index (χ4v) is 4.04. The highest BCUT2D eigenvalue weighted by Crippen LogP contribution is 2.38. The average molecular weight is 321 g/mol. The number of piperazine rings is 1. The maximum absolute atomic E-state index is 10.5. The molecule has 0 aromatic heterocycles. The van der Waals surface area contributed by atoms with Crippen molar-refractivity contribution in [3.63, 3.8) is 0 Å². The molecule has 4 rings (SSSR count). The summed E-state index contributed by atoms with van der Waals surface area (Å²) in [4.78, 5) is 15.5. The van der Waals surface area contributed by atoms with Crippen molar-refractivity contribution in [2.45, 2.75) is 12.5 Å². The topological polar surface area (TPSA) is 35.6 Å². The zero-order valence-corrected chi connectivity index (χ0v) is 13.8. The van der Waals surface area contributed by atoms with Gasteiger partial charge in [-0.3, -0.25) is 9.69 Å². The van der Waals surface area contributed by atoms with Gasteiger partial charge in [-0.2, -0.15) is 0 Å². The third kappa shape index (κ3) is 2.78. The van der Waals surface area contributed by atoms with E-state index < -0.39 is 0 Å². The first-order valence-corrected chi connectivity index (χ1v) is 8.68. The number of para-hydroxylation sites is 1. The number of anilines is 1. The van der Waals surface area contributed by atoms with Crippen LogP contribution in [0.3, 0.4) is 0 Å². The lowest BCUT2D eigenvalue weighted by molar-refractivity contribution is -0.109. The van der Waals surface area contributed by atoms with Gasteiger partial charge < -0.3 is 10.2 Å². The molecular weight excluding hydrogens is 298 g/mol. The SMILES string of the molecule is O=CNCCN1CCN2c3ccccc3Cc3ccccc3C2C1. The predicted octanol–water partition coefficient (Wildman–Crippen LogP) is 2.20. The Morgan fingerprint density at radius 3 is 2.71 bits per heavy atom. The third-order valence-corrected chi connectivity index (χ3v) is 5.22. The van der Waals surface area contributed by atoms with Crippen molar-refractivity contribution in [1.82, 2.24) is 10.2 Å². The van der Waals surface area contributed by atoms with Gasteiger partial charge in [0.05, 0.1) is 6.04 Å². The molecule has 0 radical (unpaired) electrons. The zero-order chi connectivity index (χ0) is 16.4. The summed E-state index contributed by atoms with van der Waals surface area (Å²) in [6.07, 6.45) is 1.79. The summed E-state index contributed by atoms with van der Waals surface area (Å²) in [6.45, 7) is 4.69. The molecule has 4 nitrogen and oxygen atoms in total. The Bertz CT molecular complexity index is 730. The number of nitrogens with one attached hydrogen (secondary N) is 1. The Morgan fingerprint density at radius 1 is 1.04 bits per heavy atom. The van der Waals surface area contributed by atoms with Crippen molar-refractivity contribution in [3.05, 3.63) is 65.2 Å². The van der Waals surface area contributed by atoms with Crippen molar-refractivity contribution < 1.29 is 4.79 Å². The quantitative estimate of drug-likeness (QED) is 0.693. The minimum Gasteiger partial charge on any atom is -0.362 e. The lowest BCUT2D eigenvalue weighted by atomic mass is 9.96. The lowest BCUT2D eigenvalue weighted by Crippen LogP contribution is -2.50. The normalized spacial score (nSPS) is 19.7. The number of benzene rings is 2. The average Bonchev–Trinajstić information content (AvgIpc) is 2.76. The minimum atomic E-state index is 0.384. The van der Waals surface area contributed by atoms with Crippen molar-refractivity contribution in [2.24, 2.45) is 0 Å². The van der Waals surface area contributed by atoms with E-state index in [4.69, 9.17) is 0 Å². The van der Waals surface area contributed by atoms with E-state index in [-0.39, 0.29) is 0 Å². The molecule has 1 atom stereocenters. The summed E-state index contributed by atoms with van der Waals surface area (Å²) in [6, 6.07) is 18.0. The van der Waals surface area contributed by atoms with Crippen LogP contribution >= 0.6 is 0 Å². The Labute approximate surface area is 143 Å². The van der Waals surface area contributed by atoms with Crippen LogP contribution in [0, 0.1) is 0 Å². The van der Waals surface area contributed by atoms with Crippen molar-refractivity contribution in [2.75, 3.05) is 37.6 Å². The summed E-state index contributed by atoms with van der Waals surface area (Å²) in [7, 11) is 0. The standard InChI is InChI=1S/C20H23N3O/c24-15-21-9-10-22-11-12-23-19-8-4-2-6-17(19)13-16-5-1-3-7-18(16)20(23)14-22/h1-8,15,20H,9-14H2,(H,21,24). The van der Waals surface area contributed by atoms with E-state index in [0.717, 1.165) is 39.0 Å². The van der Waals surface area contributed by atoms with Crippen molar-refractivity contribution in [1.29, 1.82) is 0 Å². The molecule has 1 N–H and O–H groups in total. The van der Waals surface area contributed by atoms with E-state index in [1.165, 1.54) is 22.4 Å². The first kappa shape index (κ1) is 15.2. The van der Waals surface area contributed by atoms with Crippen LogP contribution in [0.1, 0.15) is 22.7 Å². The summed E-state index contributed by atoms with van der Waals surface area (Å²) in [5.41, 5.74) is 5.68. The summed E-state index contributed by atoms with van der Waals surface area (Å²) < 4.78 is 0. The zero-order valence-electron chi connectivity index (χ0n) is 13.8. The Hall–Kier alpha value is -2.33. The van der Waals surface area contributed by atoms with Crippen LogP contribution in [0.5, 0.6) is 0 Å². The highest BCUT2D eigenvalue weighted by molar-refractivity contribution is 5.60. The van der Waals surface area contributed by atoms with Crippen LogP contribution in [-0.4, -0.2) is 44.0 Å². The molecule has 4 heteroatoms. The molecule has 2 aliphatic rings. The molecule has 0 aliphatic carbocycles. The molecule has 2 heterocycles. The highest BCUT2D eigenvalue weighted by atomic mass is 16.1. The smallest absolute Gasteiger partial charge is 0.207 e. The van der Waals surface area contributed by atoms with Gasteiger partial charge in [0.2, 0.25) is 6.41 Å². The fourth-order valence-electron chi connectivity index (χ4n) is 4.04. The van der Waals surface area contributed by atoms with Crippen LogP contribution in [0.25, 0.3) is 0 Å². The second-order valence-electron chi connectivity index (χ2n) is 6.59. The number of nitrogens with zero attached hydrogens (tertiary/aromatic N) is 2. The van der Waals surface area contributed by atoms with E-state index >= 15 is 0 Å². The summed E-state index contributed by atoms with van der Waals surface area (Å²) in [5, 5.41) is 2.78. The third-order valence-electron chi connectivity index (χ3n) is 5.22. The number of carbonyl (C=O) groups is 1. The largest absolute Gasteiger partial charge is 0.362 e. The van der Waals surface area contributed by atoms with Crippen LogP contribution in [0.4, 0.5) is 5.69 Å². The number of fused-ring (bicyclic) bond motifs is 5. The Kier molecular flexibility index (Phi) is 4.22. The van der Waals surface area contributed by atoms with Gasteiger partial charge in [-0.05, 0) is 29.2 Å². The predicted molar refractivity (Wildman–Crippen MR) is 96.3 cm³/mol. The van der Waals surface area contributed by atoms with Gasteiger partial charge in [-0.25, -0.2) is 0 Å². The van der Waals surface area contributed by atoms with Gasteiger partial charge in [-0.1, -0.05) is 42.5 Å². The Morgan fingerprint density at radius 2 is 1.83 bits per heavy atom. The van der Waals surface area contributed by atoms with Crippen molar-refractivity contribution >= 4 is 12.1 Å². The molecule has 124 valence electrons. The monoisotopic (exact) mass is 321 g/mol. The second-order valence-corrected chi connectivity index (χ2v) is 6.59.